The second kappa shape index (κ2) is 7.87. The Morgan fingerprint density at radius 2 is 1.46 bits per heavy atom. The van der Waals surface area contributed by atoms with Crippen LogP contribution in [0.15, 0.2) is 54.6 Å². The number of carbonyl (C=O) groups is 3. The molecule has 2 rings (SSSR count). The average molecular weight is 322 g/mol. The van der Waals surface area contributed by atoms with E-state index < -0.39 is 0 Å². The summed E-state index contributed by atoms with van der Waals surface area (Å²) in [5, 5.41) is 5.33. The Balaban J connectivity index is 2.07. The van der Waals surface area contributed by atoms with E-state index in [4.69, 9.17) is 0 Å². The fourth-order valence-corrected chi connectivity index (χ4v) is 2.10. The molecule has 122 valence electrons. The van der Waals surface area contributed by atoms with Gasteiger partial charge in [-0.3, -0.25) is 14.4 Å². The minimum absolute atomic E-state index is 0.132. The molecule has 24 heavy (non-hydrogen) atoms. The summed E-state index contributed by atoms with van der Waals surface area (Å²) in [4.78, 5) is 34.2. The number of allylic oxidation sites excluding steroid dienone is 1. The van der Waals surface area contributed by atoms with Crippen molar-refractivity contribution in [1.82, 2.24) is 0 Å². The second-order valence-corrected chi connectivity index (χ2v) is 5.26. The van der Waals surface area contributed by atoms with Gasteiger partial charge >= 0.3 is 0 Å². The molecule has 0 bridgehead atoms. The summed E-state index contributed by atoms with van der Waals surface area (Å²) in [6.45, 7) is 2.86. The minimum Gasteiger partial charge on any atom is -0.326 e. The molecule has 0 aliphatic rings. The van der Waals surface area contributed by atoms with Crippen LogP contribution in [-0.2, 0) is 9.59 Å². The first-order valence-electron chi connectivity index (χ1n) is 7.42. The normalized spacial score (nSPS) is 10.4. The van der Waals surface area contributed by atoms with Crippen molar-refractivity contribution in [3.8, 4) is 0 Å². The molecule has 0 spiro atoms. The lowest BCUT2D eigenvalue weighted by Gasteiger charge is -2.03. The molecule has 0 radical (unpaired) electrons. The monoisotopic (exact) mass is 322 g/mol. The number of anilines is 2. The van der Waals surface area contributed by atoms with Gasteiger partial charge in [0.1, 0.15) is 0 Å². The quantitative estimate of drug-likeness (QED) is 0.653. The molecule has 0 heterocycles. The zero-order valence-corrected chi connectivity index (χ0v) is 13.5. The van der Waals surface area contributed by atoms with Gasteiger partial charge < -0.3 is 10.6 Å². The van der Waals surface area contributed by atoms with Gasteiger partial charge in [0.2, 0.25) is 11.8 Å². The van der Waals surface area contributed by atoms with E-state index in [0.717, 1.165) is 5.56 Å². The molecule has 2 aromatic rings. The Bertz CT molecular complexity index is 793. The molecule has 2 N–H and O–H groups in total. The molecule has 2 amide bonds. The number of nitrogens with one attached hydrogen (secondary N) is 2. The molecule has 0 aliphatic heterocycles. The van der Waals surface area contributed by atoms with Gasteiger partial charge in [-0.2, -0.15) is 0 Å². The van der Waals surface area contributed by atoms with Crippen molar-refractivity contribution in [2.45, 2.75) is 13.8 Å². The summed E-state index contributed by atoms with van der Waals surface area (Å²) in [6.07, 6.45) is 3.17. The first kappa shape index (κ1) is 17.1. The molecule has 0 saturated heterocycles. The second-order valence-electron chi connectivity index (χ2n) is 5.26. The molecular weight excluding hydrogens is 304 g/mol. The lowest BCUT2D eigenvalue weighted by atomic mass is 10.1. The maximum atomic E-state index is 12.2. The van der Waals surface area contributed by atoms with E-state index in [1.165, 1.54) is 19.9 Å². The standard InChI is InChI=1S/C19H18N2O3/c1-13(22)20-17-9-6-15(7-10-17)8-11-19(24)16-4-3-5-18(12-16)21-14(2)23/h3-12H,1-2H3,(H,20,22)(H,21,23). The largest absolute Gasteiger partial charge is 0.326 e. The van der Waals surface area contributed by atoms with Crippen molar-refractivity contribution >= 4 is 35.0 Å². The molecule has 0 fully saturated rings. The number of hydrogen-bond acceptors (Lipinski definition) is 3. The highest BCUT2D eigenvalue weighted by molar-refractivity contribution is 6.07. The van der Waals surface area contributed by atoms with Crippen molar-refractivity contribution < 1.29 is 14.4 Å². The highest BCUT2D eigenvalue weighted by atomic mass is 16.2. The number of carbonyl (C=O) groups excluding carboxylic acids is 3. The van der Waals surface area contributed by atoms with E-state index in [9.17, 15) is 14.4 Å². The molecule has 0 aliphatic carbocycles. The Labute approximate surface area is 140 Å². The van der Waals surface area contributed by atoms with E-state index >= 15 is 0 Å². The molecule has 5 nitrogen and oxygen atoms in total. The van der Waals surface area contributed by atoms with Crippen LogP contribution in [0.4, 0.5) is 11.4 Å². The van der Waals surface area contributed by atoms with Gasteiger partial charge in [0.15, 0.2) is 5.78 Å². The maximum Gasteiger partial charge on any atom is 0.221 e. The summed E-state index contributed by atoms with van der Waals surface area (Å²) in [5.74, 6) is -0.477. The molecular formula is C19H18N2O3. The lowest BCUT2D eigenvalue weighted by Crippen LogP contribution is -2.06. The average Bonchev–Trinajstić information content (AvgIpc) is 2.53. The third-order valence-electron chi connectivity index (χ3n) is 3.13. The Morgan fingerprint density at radius 1 is 0.833 bits per heavy atom. The van der Waals surface area contributed by atoms with Crippen LogP contribution in [0.5, 0.6) is 0 Å². The first-order valence-corrected chi connectivity index (χ1v) is 7.42. The molecule has 0 saturated carbocycles. The zero-order chi connectivity index (χ0) is 17.5. The molecule has 0 aromatic heterocycles. The third-order valence-corrected chi connectivity index (χ3v) is 3.13. The van der Waals surface area contributed by atoms with E-state index in [-0.39, 0.29) is 17.6 Å². The SMILES string of the molecule is CC(=O)Nc1ccc(C=CC(=O)c2cccc(NC(C)=O)c2)cc1. The van der Waals surface area contributed by atoms with Gasteiger partial charge in [0, 0.05) is 30.8 Å². The minimum atomic E-state index is -0.186. The number of benzene rings is 2. The summed E-state index contributed by atoms with van der Waals surface area (Å²) in [6, 6.07) is 13.9. The molecule has 5 heteroatoms. The fourth-order valence-electron chi connectivity index (χ4n) is 2.10. The van der Waals surface area contributed by atoms with Crippen LogP contribution in [0.2, 0.25) is 0 Å². The summed E-state index contributed by atoms with van der Waals surface area (Å²) in [7, 11) is 0. The van der Waals surface area contributed by atoms with Crippen LogP contribution >= 0.6 is 0 Å². The zero-order valence-electron chi connectivity index (χ0n) is 13.5. The van der Waals surface area contributed by atoms with Crippen LogP contribution in [0.3, 0.4) is 0 Å². The van der Waals surface area contributed by atoms with E-state index in [0.29, 0.717) is 16.9 Å². The smallest absolute Gasteiger partial charge is 0.221 e. The van der Waals surface area contributed by atoms with Crippen LogP contribution in [0.25, 0.3) is 6.08 Å². The number of amides is 2. The van der Waals surface area contributed by atoms with Gasteiger partial charge in [-0.15, -0.1) is 0 Å². The van der Waals surface area contributed by atoms with Crippen molar-refractivity contribution in [2.75, 3.05) is 10.6 Å². The fraction of sp³-hybridized carbons (Fsp3) is 0.105. The van der Waals surface area contributed by atoms with E-state index in [2.05, 4.69) is 10.6 Å². The molecule has 2 aromatic carbocycles. The van der Waals surface area contributed by atoms with Crippen molar-refractivity contribution in [3.05, 3.63) is 65.7 Å². The van der Waals surface area contributed by atoms with Gasteiger partial charge in [-0.05, 0) is 35.9 Å². The predicted octanol–water partition coefficient (Wildman–Crippen LogP) is 3.50. The van der Waals surface area contributed by atoms with Crippen LogP contribution in [0, 0.1) is 0 Å². The van der Waals surface area contributed by atoms with Crippen molar-refractivity contribution in [3.63, 3.8) is 0 Å². The molecule has 0 atom stereocenters. The highest BCUT2D eigenvalue weighted by Crippen LogP contribution is 2.14. The lowest BCUT2D eigenvalue weighted by molar-refractivity contribution is -0.115. The van der Waals surface area contributed by atoms with E-state index in [1.54, 1.807) is 42.5 Å². The van der Waals surface area contributed by atoms with Gasteiger partial charge in [-0.1, -0.05) is 30.3 Å². The van der Waals surface area contributed by atoms with Gasteiger partial charge in [-0.25, -0.2) is 0 Å². The van der Waals surface area contributed by atoms with Crippen LogP contribution < -0.4 is 10.6 Å². The predicted molar refractivity (Wildman–Crippen MR) is 94.9 cm³/mol. The Morgan fingerprint density at radius 3 is 2.08 bits per heavy atom. The Kier molecular flexibility index (Phi) is 5.63. The Hall–Kier alpha value is -3.21. The van der Waals surface area contributed by atoms with Gasteiger partial charge in [0.05, 0.1) is 0 Å². The number of rotatable bonds is 5. The summed E-state index contributed by atoms with van der Waals surface area (Å²) < 4.78 is 0. The van der Waals surface area contributed by atoms with Crippen molar-refractivity contribution in [2.24, 2.45) is 0 Å². The van der Waals surface area contributed by atoms with Crippen molar-refractivity contribution in [1.29, 1.82) is 0 Å². The first-order chi connectivity index (χ1) is 11.4. The topological polar surface area (TPSA) is 75.3 Å². The van der Waals surface area contributed by atoms with Crippen LogP contribution in [0.1, 0.15) is 29.8 Å². The number of ketones is 1. The van der Waals surface area contributed by atoms with Crippen LogP contribution in [-0.4, -0.2) is 17.6 Å². The van der Waals surface area contributed by atoms with Gasteiger partial charge in [0.25, 0.3) is 0 Å². The third kappa shape index (κ3) is 5.21. The summed E-state index contributed by atoms with van der Waals surface area (Å²) >= 11 is 0. The summed E-state index contributed by atoms with van der Waals surface area (Å²) in [5.41, 5.74) is 2.62. The molecule has 0 unspecified atom stereocenters. The number of hydrogen-bond donors (Lipinski definition) is 2. The maximum absolute atomic E-state index is 12.2. The van der Waals surface area contributed by atoms with E-state index in [1.807, 2.05) is 12.1 Å². The highest BCUT2D eigenvalue weighted by Gasteiger charge is 2.04.